The third-order valence-electron chi connectivity index (χ3n) is 2.44. The predicted molar refractivity (Wildman–Crippen MR) is 66.4 cm³/mol. The maximum atomic E-state index is 13.0. The lowest BCUT2D eigenvalue weighted by Gasteiger charge is -2.09. The Bertz CT molecular complexity index is 610. The zero-order valence-corrected chi connectivity index (χ0v) is 10.1. The molecular weight excluding hydrogens is 251 g/mol. The molecule has 0 atom stereocenters. The average molecular weight is 262 g/mol. The molecule has 5 heteroatoms. The van der Waals surface area contributed by atoms with Crippen LogP contribution in [0.25, 0.3) is 0 Å². The van der Waals surface area contributed by atoms with E-state index in [1.807, 2.05) is 0 Å². The minimum Gasteiger partial charge on any atom is -0.497 e. The van der Waals surface area contributed by atoms with Crippen LogP contribution in [0.15, 0.2) is 42.5 Å². The molecular formula is C14H11FO4. The molecule has 0 radical (unpaired) electrons. The number of methoxy groups -OCH3 is 1. The fraction of sp³-hybridized carbons (Fsp3) is 0.0714. The third kappa shape index (κ3) is 3.01. The molecule has 0 spiro atoms. The molecule has 0 aromatic heterocycles. The molecule has 0 saturated heterocycles. The van der Waals surface area contributed by atoms with Crippen LogP contribution in [-0.4, -0.2) is 18.2 Å². The molecule has 98 valence electrons. The van der Waals surface area contributed by atoms with Crippen LogP contribution in [-0.2, 0) is 0 Å². The maximum Gasteiger partial charge on any atom is 0.339 e. The Labute approximate surface area is 109 Å². The second kappa shape index (κ2) is 5.39. The van der Waals surface area contributed by atoms with Gasteiger partial charge in [0.25, 0.3) is 0 Å². The van der Waals surface area contributed by atoms with Crippen molar-refractivity contribution in [1.29, 1.82) is 0 Å². The molecule has 4 nitrogen and oxygen atoms in total. The first-order valence-electron chi connectivity index (χ1n) is 5.45. The number of aromatic carboxylic acids is 1. The summed E-state index contributed by atoms with van der Waals surface area (Å²) in [6.07, 6.45) is 0. The SMILES string of the molecule is COc1cccc(Oc2ccc(F)cc2C(=O)O)c1. The molecule has 2 rings (SSSR count). The molecule has 0 aliphatic carbocycles. The van der Waals surface area contributed by atoms with E-state index in [1.165, 1.54) is 13.2 Å². The summed E-state index contributed by atoms with van der Waals surface area (Å²) in [5.74, 6) is -0.820. The lowest BCUT2D eigenvalue weighted by Crippen LogP contribution is -2.00. The summed E-state index contributed by atoms with van der Waals surface area (Å²) in [5.41, 5.74) is -0.234. The Hall–Kier alpha value is -2.56. The van der Waals surface area contributed by atoms with Crippen molar-refractivity contribution in [2.45, 2.75) is 0 Å². The highest BCUT2D eigenvalue weighted by molar-refractivity contribution is 5.91. The molecule has 2 aromatic carbocycles. The fourth-order valence-electron chi connectivity index (χ4n) is 1.55. The van der Waals surface area contributed by atoms with Gasteiger partial charge in [-0.2, -0.15) is 0 Å². The van der Waals surface area contributed by atoms with Gasteiger partial charge in [-0.05, 0) is 30.3 Å². The third-order valence-corrected chi connectivity index (χ3v) is 2.44. The quantitative estimate of drug-likeness (QED) is 0.918. The summed E-state index contributed by atoms with van der Waals surface area (Å²) < 4.78 is 23.5. The van der Waals surface area contributed by atoms with Crippen molar-refractivity contribution in [3.63, 3.8) is 0 Å². The van der Waals surface area contributed by atoms with Gasteiger partial charge in [-0.1, -0.05) is 6.07 Å². The lowest BCUT2D eigenvalue weighted by atomic mass is 10.2. The zero-order valence-electron chi connectivity index (χ0n) is 10.1. The monoisotopic (exact) mass is 262 g/mol. The number of carbonyl (C=O) groups is 1. The number of ether oxygens (including phenoxy) is 2. The van der Waals surface area contributed by atoms with Crippen LogP contribution in [0.1, 0.15) is 10.4 Å². The second-order valence-electron chi connectivity index (χ2n) is 3.73. The summed E-state index contributed by atoms with van der Waals surface area (Å²) >= 11 is 0. The Morgan fingerprint density at radius 1 is 1.16 bits per heavy atom. The van der Waals surface area contributed by atoms with E-state index in [9.17, 15) is 9.18 Å². The first-order valence-corrected chi connectivity index (χ1v) is 5.45. The van der Waals surface area contributed by atoms with Crippen LogP contribution < -0.4 is 9.47 Å². The van der Waals surface area contributed by atoms with Crippen molar-refractivity contribution in [2.75, 3.05) is 7.11 Å². The number of carboxylic acids is 1. The topological polar surface area (TPSA) is 55.8 Å². The molecule has 0 aliphatic rings. The molecule has 0 unspecified atom stereocenters. The van der Waals surface area contributed by atoms with Crippen LogP contribution in [0.4, 0.5) is 4.39 Å². The van der Waals surface area contributed by atoms with Crippen LogP contribution in [0.5, 0.6) is 17.2 Å². The van der Waals surface area contributed by atoms with Gasteiger partial charge < -0.3 is 14.6 Å². The Kier molecular flexibility index (Phi) is 3.66. The summed E-state index contributed by atoms with van der Waals surface area (Å²) in [7, 11) is 1.51. The highest BCUT2D eigenvalue weighted by Gasteiger charge is 2.13. The van der Waals surface area contributed by atoms with Gasteiger partial charge in [0, 0.05) is 6.07 Å². The van der Waals surface area contributed by atoms with Gasteiger partial charge in [-0.3, -0.25) is 0 Å². The lowest BCUT2D eigenvalue weighted by molar-refractivity contribution is 0.0693. The van der Waals surface area contributed by atoms with E-state index in [0.717, 1.165) is 12.1 Å². The molecule has 19 heavy (non-hydrogen) atoms. The van der Waals surface area contributed by atoms with E-state index in [2.05, 4.69) is 0 Å². The van der Waals surface area contributed by atoms with Crippen LogP contribution in [0.3, 0.4) is 0 Å². The average Bonchev–Trinajstić information content (AvgIpc) is 2.41. The van der Waals surface area contributed by atoms with Crippen LogP contribution in [0, 0.1) is 5.82 Å². The molecule has 2 aromatic rings. The standard InChI is InChI=1S/C14H11FO4/c1-18-10-3-2-4-11(8-10)19-13-6-5-9(15)7-12(13)14(16)17/h2-8H,1H3,(H,16,17). The zero-order chi connectivity index (χ0) is 13.8. The maximum absolute atomic E-state index is 13.0. The van der Waals surface area contributed by atoms with E-state index in [1.54, 1.807) is 24.3 Å². The molecule has 0 fully saturated rings. The number of benzene rings is 2. The van der Waals surface area contributed by atoms with E-state index in [4.69, 9.17) is 14.6 Å². The number of rotatable bonds is 4. The Morgan fingerprint density at radius 2 is 1.89 bits per heavy atom. The van der Waals surface area contributed by atoms with Gasteiger partial charge in [0.05, 0.1) is 7.11 Å². The van der Waals surface area contributed by atoms with E-state index < -0.39 is 11.8 Å². The normalized spacial score (nSPS) is 10.0. The van der Waals surface area contributed by atoms with Gasteiger partial charge in [-0.15, -0.1) is 0 Å². The van der Waals surface area contributed by atoms with Crippen molar-refractivity contribution in [3.8, 4) is 17.2 Å². The Morgan fingerprint density at radius 3 is 2.58 bits per heavy atom. The van der Waals surface area contributed by atoms with Crippen molar-refractivity contribution in [3.05, 3.63) is 53.8 Å². The van der Waals surface area contributed by atoms with E-state index in [-0.39, 0.29) is 11.3 Å². The Balaban J connectivity index is 2.34. The van der Waals surface area contributed by atoms with Gasteiger partial charge in [0.15, 0.2) is 0 Å². The number of hydrogen-bond acceptors (Lipinski definition) is 3. The predicted octanol–water partition coefficient (Wildman–Crippen LogP) is 3.32. The summed E-state index contributed by atoms with van der Waals surface area (Å²) in [6.45, 7) is 0. The molecule has 1 N–H and O–H groups in total. The van der Waals surface area contributed by atoms with Crippen LogP contribution >= 0.6 is 0 Å². The van der Waals surface area contributed by atoms with Gasteiger partial charge in [0.1, 0.15) is 28.6 Å². The smallest absolute Gasteiger partial charge is 0.339 e. The number of hydrogen-bond donors (Lipinski definition) is 1. The molecule has 0 amide bonds. The highest BCUT2D eigenvalue weighted by Crippen LogP contribution is 2.28. The second-order valence-corrected chi connectivity index (χ2v) is 3.73. The largest absolute Gasteiger partial charge is 0.497 e. The van der Waals surface area contributed by atoms with Crippen molar-refractivity contribution >= 4 is 5.97 Å². The van der Waals surface area contributed by atoms with E-state index >= 15 is 0 Å². The minimum absolute atomic E-state index is 0.0714. The number of halogens is 1. The molecule has 0 aliphatic heterocycles. The van der Waals surface area contributed by atoms with Gasteiger partial charge >= 0.3 is 5.97 Å². The highest BCUT2D eigenvalue weighted by atomic mass is 19.1. The number of carboxylic acid groups (broad SMARTS) is 1. The first kappa shape index (κ1) is 12.9. The molecule has 0 bridgehead atoms. The first-order chi connectivity index (χ1) is 9.10. The summed E-state index contributed by atoms with van der Waals surface area (Å²) in [4.78, 5) is 11.0. The minimum atomic E-state index is -1.25. The van der Waals surface area contributed by atoms with Gasteiger partial charge in [0.2, 0.25) is 0 Å². The molecule has 0 saturated carbocycles. The summed E-state index contributed by atoms with van der Waals surface area (Å²) in [5, 5.41) is 9.00. The van der Waals surface area contributed by atoms with E-state index in [0.29, 0.717) is 11.5 Å². The summed E-state index contributed by atoms with van der Waals surface area (Å²) in [6, 6.07) is 10.0. The molecule has 0 heterocycles. The van der Waals surface area contributed by atoms with Crippen molar-refractivity contribution in [2.24, 2.45) is 0 Å². The fourth-order valence-corrected chi connectivity index (χ4v) is 1.55. The van der Waals surface area contributed by atoms with Crippen molar-refractivity contribution < 1.29 is 23.8 Å². The van der Waals surface area contributed by atoms with Crippen LogP contribution in [0.2, 0.25) is 0 Å². The van der Waals surface area contributed by atoms with Crippen molar-refractivity contribution in [1.82, 2.24) is 0 Å². The van der Waals surface area contributed by atoms with Gasteiger partial charge in [-0.25, -0.2) is 9.18 Å².